The van der Waals surface area contributed by atoms with Gasteiger partial charge < -0.3 is 10.2 Å². The van der Waals surface area contributed by atoms with Gasteiger partial charge in [0.05, 0.1) is 11.5 Å². The lowest BCUT2D eigenvalue weighted by Crippen LogP contribution is -2.29. The van der Waals surface area contributed by atoms with E-state index in [1.165, 1.54) is 0 Å². The van der Waals surface area contributed by atoms with E-state index < -0.39 is 4.92 Å². The van der Waals surface area contributed by atoms with Crippen molar-refractivity contribution in [3.05, 3.63) is 36.2 Å². The van der Waals surface area contributed by atoms with E-state index in [4.69, 9.17) is 0 Å². The highest BCUT2D eigenvalue weighted by Gasteiger charge is 2.12. The van der Waals surface area contributed by atoms with Gasteiger partial charge in [-0.15, -0.1) is 11.3 Å². The second kappa shape index (κ2) is 6.74. The van der Waals surface area contributed by atoms with Crippen molar-refractivity contribution < 1.29 is 4.92 Å². The molecule has 1 N–H and O–H groups in total. The Bertz CT molecular complexity index is 421. The summed E-state index contributed by atoms with van der Waals surface area (Å²) >= 11 is 3.74. The number of aromatic nitrogens is 1. The number of rotatable bonds is 6. The Morgan fingerprint density at radius 3 is 2.94 bits per heavy atom. The number of hydrogen-bond acceptors (Lipinski definition) is 6. The minimum Gasteiger partial charge on any atom is -0.370 e. The summed E-state index contributed by atoms with van der Waals surface area (Å²) in [6, 6.07) is 0. The summed E-state index contributed by atoms with van der Waals surface area (Å²) in [5.74, 6) is 0.501. The maximum Gasteiger partial charge on any atom is 0.274 e. The molecule has 6 nitrogen and oxygen atoms in total. The lowest BCUT2D eigenvalue weighted by Gasteiger charge is -2.22. The van der Waals surface area contributed by atoms with Crippen LogP contribution in [0.2, 0.25) is 0 Å². The van der Waals surface area contributed by atoms with Crippen LogP contribution in [-0.2, 0) is 6.54 Å². The molecule has 94 valence electrons. The lowest BCUT2D eigenvalue weighted by molar-refractivity contribution is -0.404. The number of nitrogens with one attached hydrogen (secondary N) is 1. The fourth-order valence-electron chi connectivity index (χ4n) is 1.32. The molecule has 0 aliphatic carbocycles. The summed E-state index contributed by atoms with van der Waals surface area (Å²) in [4.78, 5) is 17.2. The average Bonchev–Trinajstić information content (AvgIpc) is 2.68. The molecule has 1 heterocycles. The zero-order valence-corrected chi connectivity index (χ0v) is 12.5. The maximum absolute atomic E-state index is 10.5. The molecule has 0 aromatic carbocycles. The standard InChI is InChI=1S/C9H13IN4O2S/c1-3-13(8(11-2)6-14(15)16)5-7-4-12-9(10)17-7/h4,6,11H,3,5H2,1-2H3. The predicted octanol–water partition coefficient (Wildman–Crippen LogP) is 1.86. The third-order valence-electron chi connectivity index (χ3n) is 2.08. The van der Waals surface area contributed by atoms with Crippen LogP contribution in [-0.4, -0.2) is 28.4 Å². The first-order valence-corrected chi connectivity index (χ1v) is 6.84. The Balaban J connectivity index is 2.80. The molecule has 1 aromatic heterocycles. The summed E-state index contributed by atoms with van der Waals surface area (Å²) in [6.07, 6.45) is 2.78. The SMILES string of the molecule is CCN(Cc1cnc(I)s1)C(=C[N+](=O)[O-])NC. The molecular formula is C9H13IN4O2S. The average molecular weight is 368 g/mol. The van der Waals surface area contributed by atoms with Gasteiger partial charge in [-0.1, -0.05) is 0 Å². The van der Waals surface area contributed by atoms with Crippen LogP contribution in [0.1, 0.15) is 11.8 Å². The van der Waals surface area contributed by atoms with Gasteiger partial charge in [-0.05, 0) is 29.5 Å². The van der Waals surface area contributed by atoms with Crippen LogP contribution in [0.25, 0.3) is 0 Å². The molecule has 0 radical (unpaired) electrons. The van der Waals surface area contributed by atoms with Crippen LogP contribution < -0.4 is 5.32 Å². The molecule has 1 rings (SSSR count). The van der Waals surface area contributed by atoms with Crippen molar-refractivity contribution in [1.29, 1.82) is 0 Å². The molecule has 1 aromatic rings. The van der Waals surface area contributed by atoms with E-state index in [-0.39, 0.29) is 0 Å². The molecule has 0 spiro atoms. The molecule has 0 aliphatic heterocycles. The van der Waals surface area contributed by atoms with E-state index in [0.717, 1.165) is 14.1 Å². The monoisotopic (exact) mass is 368 g/mol. The van der Waals surface area contributed by atoms with Crippen molar-refractivity contribution in [1.82, 2.24) is 15.2 Å². The zero-order chi connectivity index (χ0) is 12.8. The summed E-state index contributed by atoms with van der Waals surface area (Å²) < 4.78 is 0.970. The Morgan fingerprint density at radius 2 is 2.53 bits per heavy atom. The van der Waals surface area contributed by atoms with Crippen molar-refractivity contribution in [3.8, 4) is 0 Å². The molecule has 0 fully saturated rings. The zero-order valence-electron chi connectivity index (χ0n) is 9.51. The predicted molar refractivity (Wildman–Crippen MR) is 75.1 cm³/mol. The minimum atomic E-state index is -0.453. The Morgan fingerprint density at radius 1 is 1.82 bits per heavy atom. The van der Waals surface area contributed by atoms with E-state index in [1.54, 1.807) is 24.6 Å². The third-order valence-corrected chi connectivity index (χ3v) is 3.79. The van der Waals surface area contributed by atoms with Crippen LogP contribution >= 0.6 is 33.9 Å². The summed E-state index contributed by atoms with van der Waals surface area (Å²) in [7, 11) is 1.68. The van der Waals surface area contributed by atoms with E-state index in [2.05, 4.69) is 32.9 Å². The van der Waals surface area contributed by atoms with E-state index >= 15 is 0 Å². The molecule has 0 saturated heterocycles. The van der Waals surface area contributed by atoms with Crippen LogP contribution in [0, 0.1) is 13.1 Å². The molecule has 0 bridgehead atoms. The van der Waals surface area contributed by atoms with Crippen molar-refractivity contribution in [2.45, 2.75) is 13.5 Å². The fraction of sp³-hybridized carbons (Fsp3) is 0.444. The van der Waals surface area contributed by atoms with E-state index in [9.17, 15) is 10.1 Å². The minimum absolute atomic E-state index is 0.453. The number of nitrogens with zero attached hydrogens (tertiary/aromatic N) is 3. The smallest absolute Gasteiger partial charge is 0.274 e. The van der Waals surface area contributed by atoms with Gasteiger partial charge in [0.2, 0.25) is 0 Å². The van der Waals surface area contributed by atoms with Crippen LogP contribution in [0.3, 0.4) is 0 Å². The Hall–Kier alpha value is -0.900. The highest BCUT2D eigenvalue weighted by atomic mass is 127. The normalized spacial score (nSPS) is 11.4. The molecule has 0 saturated carbocycles. The molecular weight excluding hydrogens is 355 g/mol. The van der Waals surface area contributed by atoms with Crippen LogP contribution in [0.15, 0.2) is 18.2 Å². The topological polar surface area (TPSA) is 71.3 Å². The first-order valence-electron chi connectivity index (χ1n) is 4.95. The number of nitro groups is 1. The number of hydrogen-bond donors (Lipinski definition) is 1. The van der Waals surface area contributed by atoms with Crippen molar-refractivity contribution in [2.75, 3.05) is 13.6 Å². The quantitative estimate of drug-likeness (QED) is 0.472. The van der Waals surface area contributed by atoms with Gasteiger partial charge in [-0.2, -0.15) is 0 Å². The second-order valence-electron chi connectivity index (χ2n) is 3.14. The lowest BCUT2D eigenvalue weighted by atomic mass is 10.4. The molecule has 0 aliphatic rings. The molecule has 0 amide bonds. The molecule has 0 atom stereocenters. The van der Waals surface area contributed by atoms with Gasteiger partial charge in [0.15, 0.2) is 8.84 Å². The number of halogens is 1. The van der Waals surface area contributed by atoms with Gasteiger partial charge in [-0.25, -0.2) is 4.98 Å². The first-order chi connectivity index (χ1) is 8.06. The summed E-state index contributed by atoms with van der Waals surface area (Å²) in [5.41, 5.74) is 0. The van der Waals surface area contributed by atoms with Crippen LogP contribution in [0.4, 0.5) is 0 Å². The highest BCUT2D eigenvalue weighted by Crippen LogP contribution is 2.18. The summed E-state index contributed by atoms with van der Waals surface area (Å²) in [5, 5.41) is 13.3. The highest BCUT2D eigenvalue weighted by molar-refractivity contribution is 14.1. The van der Waals surface area contributed by atoms with Gasteiger partial charge in [0.25, 0.3) is 6.20 Å². The third kappa shape index (κ3) is 4.46. The second-order valence-corrected chi connectivity index (χ2v) is 6.01. The Kier molecular flexibility index (Phi) is 5.62. The Labute approximate surface area is 117 Å². The largest absolute Gasteiger partial charge is 0.370 e. The van der Waals surface area contributed by atoms with E-state index in [1.807, 2.05) is 11.8 Å². The van der Waals surface area contributed by atoms with Crippen LogP contribution in [0.5, 0.6) is 0 Å². The van der Waals surface area contributed by atoms with E-state index in [0.29, 0.717) is 18.9 Å². The van der Waals surface area contributed by atoms with Gasteiger partial charge in [0, 0.05) is 24.7 Å². The maximum atomic E-state index is 10.5. The van der Waals surface area contributed by atoms with Crippen molar-refractivity contribution >= 4 is 33.9 Å². The number of thiazole rings is 1. The van der Waals surface area contributed by atoms with Gasteiger partial charge in [0.1, 0.15) is 0 Å². The summed E-state index contributed by atoms with van der Waals surface area (Å²) in [6.45, 7) is 3.27. The van der Waals surface area contributed by atoms with Gasteiger partial charge >= 0.3 is 0 Å². The fourth-order valence-corrected chi connectivity index (χ4v) is 2.95. The molecule has 17 heavy (non-hydrogen) atoms. The first kappa shape index (κ1) is 14.2. The molecule has 8 heteroatoms. The van der Waals surface area contributed by atoms with Crippen molar-refractivity contribution in [3.63, 3.8) is 0 Å². The molecule has 0 unspecified atom stereocenters. The van der Waals surface area contributed by atoms with Gasteiger partial charge in [-0.3, -0.25) is 10.1 Å². The van der Waals surface area contributed by atoms with Crippen molar-refractivity contribution in [2.24, 2.45) is 0 Å².